The summed E-state index contributed by atoms with van der Waals surface area (Å²) in [6.07, 6.45) is 0. The minimum Gasteiger partial charge on any atom is -0.508 e. The van der Waals surface area contributed by atoms with E-state index in [0.717, 1.165) is 0 Å². The predicted octanol–water partition coefficient (Wildman–Crippen LogP) is 2.66. The number of aromatic hydroxyl groups is 2. The van der Waals surface area contributed by atoms with Crippen LogP contribution in [0.1, 0.15) is 15.9 Å². The highest BCUT2D eigenvalue weighted by Gasteiger charge is 2.10. The second-order valence-electron chi connectivity index (χ2n) is 3.98. The van der Waals surface area contributed by atoms with E-state index in [0.29, 0.717) is 11.1 Å². The van der Waals surface area contributed by atoms with Crippen LogP contribution in [0.15, 0.2) is 42.5 Å². The first-order valence-corrected chi connectivity index (χ1v) is 5.47. The molecule has 0 atom stereocenters. The van der Waals surface area contributed by atoms with Crippen molar-refractivity contribution in [1.82, 2.24) is 0 Å². The highest BCUT2D eigenvalue weighted by atomic mass is 16.3. The Kier molecular flexibility index (Phi) is 3.19. The van der Waals surface area contributed by atoms with Crippen LogP contribution in [0.3, 0.4) is 0 Å². The van der Waals surface area contributed by atoms with Gasteiger partial charge in [-0.2, -0.15) is 0 Å². The Labute approximate surface area is 105 Å². The molecule has 0 bridgehead atoms. The molecule has 4 nitrogen and oxygen atoms in total. The van der Waals surface area contributed by atoms with E-state index in [1.165, 1.54) is 12.1 Å². The lowest BCUT2D eigenvalue weighted by atomic mass is 10.1. The molecule has 0 aliphatic carbocycles. The Hall–Kier alpha value is -2.49. The highest BCUT2D eigenvalue weighted by Crippen LogP contribution is 2.31. The van der Waals surface area contributed by atoms with E-state index in [-0.39, 0.29) is 23.1 Å². The van der Waals surface area contributed by atoms with E-state index < -0.39 is 0 Å². The summed E-state index contributed by atoms with van der Waals surface area (Å²) >= 11 is 0. The van der Waals surface area contributed by atoms with Crippen molar-refractivity contribution in [3.63, 3.8) is 0 Å². The summed E-state index contributed by atoms with van der Waals surface area (Å²) in [5, 5.41) is 21.8. The summed E-state index contributed by atoms with van der Waals surface area (Å²) in [6.45, 7) is 1.66. The molecule has 2 aromatic rings. The zero-order valence-electron chi connectivity index (χ0n) is 9.84. The largest absolute Gasteiger partial charge is 0.508 e. The number of phenolic OH excluding ortho intramolecular Hbond substituents is 2. The molecule has 0 spiro atoms. The average molecular weight is 243 g/mol. The summed E-state index contributed by atoms with van der Waals surface area (Å²) in [5.74, 6) is -0.389. The first kappa shape index (κ1) is 12.0. The van der Waals surface area contributed by atoms with Crippen molar-refractivity contribution in [2.24, 2.45) is 0 Å². The van der Waals surface area contributed by atoms with Crippen molar-refractivity contribution in [2.75, 3.05) is 5.32 Å². The van der Waals surface area contributed by atoms with Gasteiger partial charge in [0.25, 0.3) is 5.91 Å². The Bertz CT molecular complexity index is 579. The van der Waals surface area contributed by atoms with E-state index >= 15 is 0 Å². The summed E-state index contributed by atoms with van der Waals surface area (Å²) in [6, 6.07) is 11.4. The Balaban J connectivity index is 2.25. The maximum atomic E-state index is 11.9. The number of carbonyl (C=O) groups is 1. The minimum atomic E-state index is -0.339. The number of nitrogens with one attached hydrogen (secondary N) is 1. The summed E-state index contributed by atoms with van der Waals surface area (Å²) in [7, 11) is 0. The third kappa shape index (κ3) is 2.43. The molecular formula is C14H13NO3. The second-order valence-corrected chi connectivity index (χ2v) is 3.98. The van der Waals surface area contributed by atoms with Gasteiger partial charge in [-0.25, -0.2) is 0 Å². The second kappa shape index (κ2) is 4.79. The third-order valence-corrected chi connectivity index (χ3v) is 2.60. The first-order valence-electron chi connectivity index (χ1n) is 5.47. The van der Waals surface area contributed by atoms with Gasteiger partial charge < -0.3 is 15.5 Å². The smallest absolute Gasteiger partial charge is 0.255 e. The van der Waals surface area contributed by atoms with Crippen LogP contribution in [-0.2, 0) is 0 Å². The third-order valence-electron chi connectivity index (χ3n) is 2.60. The predicted molar refractivity (Wildman–Crippen MR) is 68.9 cm³/mol. The van der Waals surface area contributed by atoms with Crippen LogP contribution < -0.4 is 5.32 Å². The van der Waals surface area contributed by atoms with Crippen LogP contribution >= 0.6 is 0 Å². The van der Waals surface area contributed by atoms with Gasteiger partial charge in [0.1, 0.15) is 11.5 Å². The highest BCUT2D eigenvalue weighted by molar-refractivity contribution is 6.05. The quantitative estimate of drug-likeness (QED) is 0.561. The number of amides is 1. The molecule has 0 saturated carbocycles. The molecule has 0 radical (unpaired) electrons. The zero-order chi connectivity index (χ0) is 13.1. The van der Waals surface area contributed by atoms with E-state index in [4.69, 9.17) is 0 Å². The van der Waals surface area contributed by atoms with Gasteiger partial charge in [0.15, 0.2) is 0 Å². The number of aryl methyl sites for hydroxylation is 1. The van der Waals surface area contributed by atoms with Crippen molar-refractivity contribution in [1.29, 1.82) is 0 Å². The van der Waals surface area contributed by atoms with Crippen LogP contribution in [-0.4, -0.2) is 16.1 Å². The van der Waals surface area contributed by atoms with Gasteiger partial charge in [0, 0.05) is 11.6 Å². The molecule has 0 aliphatic rings. The van der Waals surface area contributed by atoms with Crippen molar-refractivity contribution in [3.05, 3.63) is 53.6 Å². The monoisotopic (exact) mass is 243 g/mol. The molecule has 2 rings (SSSR count). The van der Waals surface area contributed by atoms with Gasteiger partial charge in [0.05, 0.1) is 5.69 Å². The molecule has 0 aromatic heterocycles. The Morgan fingerprint density at radius 2 is 1.72 bits per heavy atom. The molecule has 0 unspecified atom stereocenters. The minimum absolute atomic E-state index is 0.0242. The van der Waals surface area contributed by atoms with Gasteiger partial charge in [-0.3, -0.25) is 4.79 Å². The lowest BCUT2D eigenvalue weighted by Gasteiger charge is -2.09. The summed E-state index contributed by atoms with van der Waals surface area (Å²) < 4.78 is 0. The van der Waals surface area contributed by atoms with Gasteiger partial charge in [-0.15, -0.1) is 0 Å². The molecule has 4 heteroatoms. The molecule has 0 fully saturated rings. The fraction of sp³-hybridized carbons (Fsp3) is 0.0714. The van der Waals surface area contributed by atoms with Crippen LogP contribution in [0, 0.1) is 6.92 Å². The van der Waals surface area contributed by atoms with Crippen molar-refractivity contribution < 1.29 is 15.0 Å². The standard InChI is InChI=1S/C14H13NO3/c1-9-7-13(17)11(8-12(9)16)15-14(18)10-5-3-2-4-6-10/h2-8,16-17H,1H3,(H,15,18). The molecule has 18 heavy (non-hydrogen) atoms. The first-order chi connectivity index (χ1) is 8.58. The van der Waals surface area contributed by atoms with Gasteiger partial charge in [0.2, 0.25) is 0 Å². The fourth-order valence-electron chi connectivity index (χ4n) is 1.57. The maximum absolute atomic E-state index is 11.9. The molecule has 2 aromatic carbocycles. The molecule has 3 N–H and O–H groups in total. The van der Waals surface area contributed by atoms with Crippen LogP contribution in [0.2, 0.25) is 0 Å². The van der Waals surface area contributed by atoms with E-state index in [1.807, 2.05) is 6.07 Å². The van der Waals surface area contributed by atoms with Gasteiger partial charge >= 0.3 is 0 Å². The zero-order valence-corrected chi connectivity index (χ0v) is 9.84. The molecule has 0 saturated heterocycles. The molecule has 0 aliphatic heterocycles. The summed E-state index contributed by atoms with van der Waals surface area (Å²) in [4.78, 5) is 11.9. The number of hydrogen-bond donors (Lipinski definition) is 3. The molecule has 0 heterocycles. The number of carbonyl (C=O) groups excluding carboxylic acids is 1. The number of benzene rings is 2. The van der Waals surface area contributed by atoms with Crippen LogP contribution in [0.5, 0.6) is 11.5 Å². The van der Waals surface area contributed by atoms with E-state index in [1.54, 1.807) is 31.2 Å². The van der Waals surface area contributed by atoms with Crippen molar-refractivity contribution in [3.8, 4) is 11.5 Å². The molecule has 1 amide bonds. The van der Waals surface area contributed by atoms with Gasteiger partial charge in [-0.1, -0.05) is 18.2 Å². The number of rotatable bonds is 2. The normalized spacial score (nSPS) is 10.1. The Morgan fingerprint density at radius 1 is 1.06 bits per heavy atom. The van der Waals surface area contributed by atoms with Crippen LogP contribution in [0.4, 0.5) is 5.69 Å². The van der Waals surface area contributed by atoms with Gasteiger partial charge in [-0.05, 0) is 30.7 Å². The average Bonchev–Trinajstić information content (AvgIpc) is 2.37. The number of hydrogen-bond acceptors (Lipinski definition) is 3. The summed E-state index contributed by atoms with van der Waals surface area (Å²) in [5.41, 5.74) is 1.22. The topological polar surface area (TPSA) is 69.6 Å². The van der Waals surface area contributed by atoms with E-state index in [9.17, 15) is 15.0 Å². The number of phenols is 2. The molecular weight excluding hydrogens is 230 g/mol. The molecule has 92 valence electrons. The lowest BCUT2D eigenvalue weighted by Crippen LogP contribution is -2.11. The fourth-order valence-corrected chi connectivity index (χ4v) is 1.57. The lowest BCUT2D eigenvalue weighted by molar-refractivity contribution is 0.102. The number of anilines is 1. The van der Waals surface area contributed by atoms with Crippen LogP contribution in [0.25, 0.3) is 0 Å². The van der Waals surface area contributed by atoms with Crippen molar-refractivity contribution >= 4 is 11.6 Å². The maximum Gasteiger partial charge on any atom is 0.255 e. The van der Waals surface area contributed by atoms with E-state index in [2.05, 4.69) is 5.32 Å². The SMILES string of the molecule is Cc1cc(O)c(NC(=O)c2ccccc2)cc1O. The van der Waals surface area contributed by atoms with Crippen molar-refractivity contribution in [2.45, 2.75) is 6.92 Å². The Morgan fingerprint density at radius 3 is 2.39 bits per heavy atom.